The zero-order chi connectivity index (χ0) is 14.3. The number of hydrogen-bond acceptors (Lipinski definition) is 5. The third kappa shape index (κ3) is 1.94. The molecule has 1 aromatic carbocycles. The molecule has 0 radical (unpaired) electrons. The van der Waals surface area contributed by atoms with Crippen molar-refractivity contribution in [3.63, 3.8) is 0 Å². The summed E-state index contributed by atoms with van der Waals surface area (Å²) < 4.78 is 0. The largest absolute Gasteiger partial charge is 0.353 e. The minimum absolute atomic E-state index is 0.0434. The Labute approximate surface area is 119 Å². The molecule has 0 bridgehead atoms. The Kier molecular flexibility index (Phi) is 2.93. The predicted octanol–water partition coefficient (Wildman–Crippen LogP) is 1.49. The van der Waals surface area contributed by atoms with Gasteiger partial charge < -0.3 is 10.2 Å². The van der Waals surface area contributed by atoms with Crippen LogP contribution in [0.4, 0.5) is 5.69 Å². The van der Waals surface area contributed by atoms with E-state index in [-0.39, 0.29) is 5.71 Å². The minimum atomic E-state index is -2.59. The second-order valence-corrected chi connectivity index (χ2v) is 5.50. The number of aliphatic hydroxyl groups is 2. The number of anilines is 1. The van der Waals surface area contributed by atoms with Gasteiger partial charge in [0.05, 0.1) is 10.6 Å². The zero-order valence-electron chi connectivity index (χ0n) is 10.6. The number of carbonyl (C=O) groups is 1. The molecule has 1 aliphatic rings. The van der Waals surface area contributed by atoms with E-state index in [0.717, 1.165) is 10.6 Å². The molecule has 3 rings (SSSR count). The average molecular weight is 288 g/mol. The molecule has 5 nitrogen and oxygen atoms in total. The van der Waals surface area contributed by atoms with Gasteiger partial charge in [-0.1, -0.05) is 23.8 Å². The lowest BCUT2D eigenvalue weighted by Gasteiger charge is -2.16. The number of hydrogen-bond donors (Lipinski definition) is 2. The Hall–Kier alpha value is -2.02. The number of carbonyl (C=O) groups excluding carboxylic acids is 1. The SMILES string of the molecule is Cc1ccc(N2N=C(c3cccs3)C(O)(O)C2=O)cc1. The molecule has 2 N–H and O–H groups in total. The molecule has 0 atom stereocenters. The van der Waals surface area contributed by atoms with Crippen molar-refractivity contribution in [1.29, 1.82) is 0 Å². The van der Waals surface area contributed by atoms with E-state index in [4.69, 9.17) is 0 Å². The summed E-state index contributed by atoms with van der Waals surface area (Å²) in [7, 11) is 0. The topological polar surface area (TPSA) is 73.1 Å². The minimum Gasteiger partial charge on any atom is -0.353 e. The maximum Gasteiger partial charge on any atom is 0.314 e. The Balaban J connectivity index is 2.05. The van der Waals surface area contributed by atoms with Crippen molar-refractivity contribution in [1.82, 2.24) is 0 Å². The van der Waals surface area contributed by atoms with Crippen LogP contribution in [0.15, 0.2) is 46.9 Å². The highest BCUT2D eigenvalue weighted by atomic mass is 32.1. The maximum absolute atomic E-state index is 12.1. The van der Waals surface area contributed by atoms with Crippen LogP contribution in [0.1, 0.15) is 10.4 Å². The molecule has 0 aliphatic carbocycles. The van der Waals surface area contributed by atoms with Crippen LogP contribution >= 0.6 is 11.3 Å². The van der Waals surface area contributed by atoms with Crippen molar-refractivity contribution in [3.8, 4) is 0 Å². The molecule has 1 aromatic heterocycles. The van der Waals surface area contributed by atoms with Crippen LogP contribution in [0.5, 0.6) is 0 Å². The van der Waals surface area contributed by atoms with Crippen molar-refractivity contribution >= 4 is 28.6 Å². The first kappa shape index (κ1) is 13.0. The highest BCUT2D eigenvalue weighted by molar-refractivity contribution is 7.12. The summed E-state index contributed by atoms with van der Waals surface area (Å²) in [6.45, 7) is 1.93. The van der Waals surface area contributed by atoms with Crippen LogP contribution in [0, 0.1) is 6.92 Å². The lowest BCUT2D eigenvalue weighted by Crippen LogP contribution is -2.46. The number of thiophene rings is 1. The predicted molar refractivity (Wildman–Crippen MR) is 76.7 cm³/mol. The van der Waals surface area contributed by atoms with Crippen molar-refractivity contribution in [3.05, 3.63) is 52.2 Å². The lowest BCUT2D eigenvalue weighted by atomic mass is 10.1. The standard InChI is InChI=1S/C14H12N2O3S/c1-9-4-6-10(7-5-9)16-13(17)14(18,19)12(15-16)11-3-2-8-20-11/h2-8,18-19H,1H3. The van der Waals surface area contributed by atoms with Gasteiger partial charge in [0.1, 0.15) is 5.71 Å². The summed E-state index contributed by atoms with van der Waals surface area (Å²) in [4.78, 5) is 12.7. The van der Waals surface area contributed by atoms with Crippen molar-refractivity contribution in [2.75, 3.05) is 5.01 Å². The molecular formula is C14H12N2O3S. The molecule has 0 unspecified atom stereocenters. The molecule has 1 amide bonds. The fourth-order valence-corrected chi connectivity index (χ4v) is 2.72. The van der Waals surface area contributed by atoms with Crippen LogP contribution in [0.3, 0.4) is 0 Å². The summed E-state index contributed by atoms with van der Waals surface area (Å²) in [6, 6.07) is 10.5. The smallest absolute Gasteiger partial charge is 0.314 e. The Morgan fingerprint density at radius 2 is 1.90 bits per heavy atom. The lowest BCUT2D eigenvalue weighted by molar-refractivity contribution is -0.155. The molecular weight excluding hydrogens is 276 g/mol. The van der Waals surface area contributed by atoms with Gasteiger partial charge in [-0.3, -0.25) is 4.79 Å². The van der Waals surface area contributed by atoms with E-state index in [1.165, 1.54) is 11.3 Å². The van der Waals surface area contributed by atoms with Gasteiger partial charge in [0.15, 0.2) is 0 Å². The number of nitrogens with zero attached hydrogens (tertiary/aromatic N) is 2. The van der Waals surface area contributed by atoms with Crippen molar-refractivity contribution < 1.29 is 15.0 Å². The van der Waals surface area contributed by atoms with Gasteiger partial charge in [-0.15, -0.1) is 11.3 Å². The van der Waals surface area contributed by atoms with Crippen LogP contribution in [-0.4, -0.2) is 27.6 Å². The Bertz CT molecular complexity index is 675. The summed E-state index contributed by atoms with van der Waals surface area (Å²) >= 11 is 1.29. The molecule has 0 fully saturated rings. The molecule has 102 valence electrons. The average Bonchev–Trinajstić information content (AvgIpc) is 3.00. The van der Waals surface area contributed by atoms with Crippen LogP contribution in [0.25, 0.3) is 0 Å². The first-order valence-corrected chi connectivity index (χ1v) is 6.87. The number of hydrazone groups is 1. The van der Waals surface area contributed by atoms with Gasteiger partial charge in [-0.25, -0.2) is 0 Å². The quantitative estimate of drug-likeness (QED) is 0.822. The van der Waals surface area contributed by atoms with Gasteiger partial charge in [-0.05, 0) is 30.5 Å². The summed E-state index contributed by atoms with van der Waals surface area (Å²) in [5, 5.41) is 26.9. The van der Waals surface area contributed by atoms with Gasteiger partial charge in [0, 0.05) is 0 Å². The van der Waals surface area contributed by atoms with E-state index in [2.05, 4.69) is 5.10 Å². The molecule has 0 spiro atoms. The van der Waals surface area contributed by atoms with Gasteiger partial charge in [0.25, 0.3) is 5.79 Å². The number of aryl methyl sites for hydroxylation is 1. The van der Waals surface area contributed by atoms with E-state index in [9.17, 15) is 15.0 Å². The van der Waals surface area contributed by atoms with E-state index in [1.807, 2.05) is 19.1 Å². The first-order valence-electron chi connectivity index (χ1n) is 5.99. The monoisotopic (exact) mass is 288 g/mol. The van der Waals surface area contributed by atoms with E-state index >= 15 is 0 Å². The second-order valence-electron chi connectivity index (χ2n) is 4.55. The maximum atomic E-state index is 12.1. The van der Waals surface area contributed by atoms with Gasteiger partial charge in [0.2, 0.25) is 0 Å². The molecule has 20 heavy (non-hydrogen) atoms. The fraction of sp³-hybridized carbons (Fsp3) is 0.143. The zero-order valence-corrected chi connectivity index (χ0v) is 11.5. The van der Waals surface area contributed by atoms with Crippen LogP contribution < -0.4 is 5.01 Å². The molecule has 1 aliphatic heterocycles. The van der Waals surface area contributed by atoms with Crippen LogP contribution in [0.2, 0.25) is 0 Å². The molecule has 0 saturated heterocycles. The number of benzene rings is 1. The number of rotatable bonds is 2. The first-order chi connectivity index (χ1) is 9.50. The number of amides is 1. The van der Waals surface area contributed by atoms with E-state index in [0.29, 0.717) is 10.6 Å². The Morgan fingerprint density at radius 3 is 2.50 bits per heavy atom. The third-order valence-electron chi connectivity index (χ3n) is 3.05. The molecule has 2 heterocycles. The van der Waals surface area contributed by atoms with Gasteiger partial charge in [-0.2, -0.15) is 10.1 Å². The Morgan fingerprint density at radius 1 is 1.20 bits per heavy atom. The highest BCUT2D eigenvalue weighted by Gasteiger charge is 2.50. The van der Waals surface area contributed by atoms with Crippen molar-refractivity contribution in [2.45, 2.75) is 12.7 Å². The summed E-state index contributed by atoms with van der Waals surface area (Å²) in [6.07, 6.45) is 0. The van der Waals surface area contributed by atoms with E-state index < -0.39 is 11.7 Å². The second kappa shape index (κ2) is 4.52. The summed E-state index contributed by atoms with van der Waals surface area (Å²) in [5.41, 5.74) is 1.50. The molecule has 0 saturated carbocycles. The van der Waals surface area contributed by atoms with Crippen LogP contribution in [-0.2, 0) is 4.79 Å². The van der Waals surface area contributed by atoms with Gasteiger partial charge >= 0.3 is 5.91 Å². The highest BCUT2D eigenvalue weighted by Crippen LogP contribution is 2.29. The molecule has 6 heteroatoms. The third-order valence-corrected chi connectivity index (χ3v) is 3.93. The van der Waals surface area contributed by atoms with Crippen molar-refractivity contribution in [2.24, 2.45) is 5.10 Å². The summed E-state index contributed by atoms with van der Waals surface area (Å²) in [5.74, 6) is -3.46. The fourth-order valence-electron chi connectivity index (χ4n) is 1.96. The normalized spacial score (nSPS) is 17.4. The van der Waals surface area contributed by atoms with E-state index in [1.54, 1.807) is 29.6 Å². The molecule has 2 aromatic rings.